The van der Waals surface area contributed by atoms with Crippen molar-refractivity contribution in [3.8, 4) is 12.3 Å². The molecule has 0 bridgehead atoms. The van der Waals surface area contributed by atoms with Crippen molar-refractivity contribution in [1.82, 2.24) is 0 Å². The number of hydrogen-bond donors (Lipinski definition) is 0. The quantitative estimate of drug-likeness (QED) is 0.568. The van der Waals surface area contributed by atoms with Crippen LogP contribution in [-0.2, 0) is 11.2 Å². The maximum Gasteiger partial charge on any atom is 0.118 e. The van der Waals surface area contributed by atoms with Crippen LogP contribution in [0.2, 0.25) is 0 Å². The van der Waals surface area contributed by atoms with E-state index in [1.165, 1.54) is 5.56 Å². The van der Waals surface area contributed by atoms with Crippen LogP contribution in [0.15, 0.2) is 30.3 Å². The van der Waals surface area contributed by atoms with E-state index in [-0.39, 0.29) is 6.10 Å². The Labute approximate surface area is 100.0 Å². The van der Waals surface area contributed by atoms with Crippen LogP contribution in [0, 0.1) is 12.3 Å². The topological polar surface area (TPSA) is 9.23 Å². The molecule has 1 rings (SSSR count). The summed E-state index contributed by atoms with van der Waals surface area (Å²) in [4.78, 5) is 0. The van der Waals surface area contributed by atoms with Crippen LogP contribution in [0.1, 0.15) is 12.0 Å². The van der Waals surface area contributed by atoms with Crippen LogP contribution < -0.4 is 0 Å². The molecule has 0 aliphatic carbocycles. The first-order valence-corrected chi connectivity index (χ1v) is 6.16. The molecule has 0 saturated carbocycles. The molecule has 0 N–H and O–H groups in total. The molecule has 0 aliphatic heterocycles. The average molecular weight is 267 g/mol. The molecule has 0 aromatic heterocycles. The van der Waals surface area contributed by atoms with Gasteiger partial charge in [-0.25, -0.2) is 0 Å². The van der Waals surface area contributed by atoms with Crippen LogP contribution in [0.3, 0.4) is 0 Å². The van der Waals surface area contributed by atoms with Gasteiger partial charge in [-0.05, 0) is 18.4 Å². The highest BCUT2D eigenvalue weighted by atomic mass is 79.9. The predicted octanol–water partition coefficient (Wildman–Crippen LogP) is 3.03. The zero-order valence-electron chi connectivity index (χ0n) is 8.66. The molecule has 1 aromatic carbocycles. The van der Waals surface area contributed by atoms with Gasteiger partial charge in [0.05, 0.1) is 6.61 Å². The van der Waals surface area contributed by atoms with Gasteiger partial charge in [0.25, 0.3) is 0 Å². The Morgan fingerprint density at radius 2 is 2.07 bits per heavy atom. The van der Waals surface area contributed by atoms with E-state index in [1.54, 1.807) is 0 Å². The fourth-order valence-electron chi connectivity index (χ4n) is 1.34. The van der Waals surface area contributed by atoms with Crippen LogP contribution in [0.25, 0.3) is 0 Å². The highest BCUT2D eigenvalue weighted by molar-refractivity contribution is 9.09. The maximum atomic E-state index is 5.48. The number of terminal acetylenes is 1. The molecular weight excluding hydrogens is 252 g/mol. The molecule has 0 aliphatic rings. The first-order valence-electron chi connectivity index (χ1n) is 5.04. The smallest absolute Gasteiger partial charge is 0.118 e. The van der Waals surface area contributed by atoms with Crippen molar-refractivity contribution in [1.29, 1.82) is 0 Å². The molecule has 0 radical (unpaired) electrons. The Balaban J connectivity index is 2.32. The van der Waals surface area contributed by atoms with E-state index in [0.717, 1.165) is 18.2 Å². The van der Waals surface area contributed by atoms with Crippen molar-refractivity contribution < 1.29 is 4.74 Å². The molecule has 15 heavy (non-hydrogen) atoms. The van der Waals surface area contributed by atoms with Gasteiger partial charge in [-0.2, -0.15) is 0 Å². The molecule has 0 amide bonds. The van der Waals surface area contributed by atoms with Crippen molar-refractivity contribution in [3.63, 3.8) is 0 Å². The van der Waals surface area contributed by atoms with Gasteiger partial charge in [-0.1, -0.05) is 52.2 Å². The SMILES string of the molecule is C#CC(CCc1ccccc1)OCCBr. The summed E-state index contributed by atoms with van der Waals surface area (Å²) >= 11 is 3.31. The van der Waals surface area contributed by atoms with E-state index in [2.05, 4.69) is 34.0 Å². The molecule has 1 aromatic rings. The molecule has 0 fully saturated rings. The second kappa shape index (κ2) is 7.50. The summed E-state index contributed by atoms with van der Waals surface area (Å²) in [5, 5.41) is 0.830. The lowest BCUT2D eigenvalue weighted by Gasteiger charge is -2.10. The number of hydrogen-bond acceptors (Lipinski definition) is 1. The summed E-state index contributed by atoms with van der Waals surface area (Å²) in [6.07, 6.45) is 7.17. The molecule has 1 unspecified atom stereocenters. The zero-order chi connectivity index (χ0) is 10.9. The second-order valence-corrected chi connectivity index (χ2v) is 4.03. The van der Waals surface area contributed by atoms with Gasteiger partial charge in [-0.3, -0.25) is 0 Å². The lowest BCUT2D eigenvalue weighted by molar-refractivity contribution is 0.0999. The van der Waals surface area contributed by atoms with Gasteiger partial charge in [0, 0.05) is 5.33 Å². The maximum absolute atomic E-state index is 5.48. The molecule has 0 heterocycles. The minimum absolute atomic E-state index is 0.0669. The largest absolute Gasteiger partial charge is 0.365 e. The van der Waals surface area contributed by atoms with Crippen molar-refractivity contribution >= 4 is 15.9 Å². The summed E-state index contributed by atoms with van der Waals surface area (Å²) < 4.78 is 5.48. The lowest BCUT2D eigenvalue weighted by atomic mass is 10.1. The van der Waals surface area contributed by atoms with Crippen molar-refractivity contribution in [3.05, 3.63) is 35.9 Å². The van der Waals surface area contributed by atoms with Crippen LogP contribution in [-0.4, -0.2) is 18.0 Å². The lowest BCUT2D eigenvalue weighted by Crippen LogP contribution is -2.13. The van der Waals surface area contributed by atoms with Crippen LogP contribution in [0.4, 0.5) is 0 Å². The summed E-state index contributed by atoms with van der Waals surface area (Å²) in [6, 6.07) is 10.3. The number of aryl methyl sites for hydroxylation is 1. The van der Waals surface area contributed by atoms with Crippen molar-refractivity contribution in [2.24, 2.45) is 0 Å². The molecule has 0 saturated heterocycles. The van der Waals surface area contributed by atoms with Crippen molar-refractivity contribution in [2.75, 3.05) is 11.9 Å². The monoisotopic (exact) mass is 266 g/mol. The second-order valence-electron chi connectivity index (χ2n) is 3.24. The van der Waals surface area contributed by atoms with Gasteiger partial charge in [-0.15, -0.1) is 6.42 Å². The van der Waals surface area contributed by atoms with E-state index in [9.17, 15) is 0 Å². The Morgan fingerprint density at radius 1 is 1.33 bits per heavy atom. The molecule has 80 valence electrons. The third-order valence-corrected chi connectivity index (χ3v) is 2.44. The van der Waals surface area contributed by atoms with Gasteiger partial charge in [0.2, 0.25) is 0 Å². The Bertz CT molecular complexity index is 302. The normalized spacial score (nSPS) is 12.0. The van der Waals surface area contributed by atoms with E-state index in [1.807, 2.05) is 18.2 Å². The number of alkyl halides is 1. The zero-order valence-corrected chi connectivity index (χ0v) is 10.2. The standard InChI is InChI=1S/C13H15BrO/c1-2-13(15-11-10-14)9-8-12-6-4-3-5-7-12/h1,3-7,13H,8-11H2. The van der Waals surface area contributed by atoms with E-state index in [0.29, 0.717) is 6.61 Å². The molecule has 2 heteroatoms. The average Bonchev–Trinajstić information content (AvgIpc) is 2.31. The fourth-order valence-corrected chi connectivity index (χ4v) is 1.53. The highest BCUT2D eigenvalue weighted by Gasteiger charge is 2.04. The third kappa shape index (κ3) is 5.01. The number of rotatable bonds is 6. The third-order valence-electron chi connectivity index (χ3n) is 2.12. The first kappa shape index (κ1) is 12.3. The molecule has 1 nitrogen and oxygen atoms in total. The molecular formula is C13H15BrO. The minimum atomic E-state index is -0.0669. The minimum Gasteiger partial charge on any atom is -0.365 e. The van der Waals surface area contributed by atoms with E-state index >= 15 is 0 Å². The van der Waals surface area contributed by atoms with E-state index in [4.69, 9.17) is 11.2 Å². The summed E-state index contributed by atoms with van der Waals surface area (Å²) in [7, 11) is 0. The van der Waals surface area contributed by atoms with Crippen molar-refractivity contribution in [2.45, 2.75) is 18.9 Å². The first-order chi connectivity index (χ1) is 7.36. The van der Waals surface area contributed by atoms with Gasteiger partial charge in [0.15, 0.2) is 0 Å². The van der Waals surface area contributed by atoms with E-state index < -0.39 is 0 Å². The Morgan fingerprint density at radius 3 is 2.67 bits per heavy atom. The summed E-state index contributed by atoms with van der Waals surface area (Å²) in [6.45, 7) is 0.670. The Kier molecular flexibility index (Phi) is 6.15. The molecule has 1 atom stereocenters. The van der Waals surface area contributed by atoms with Crippen LogP contribution >= 0.6 is 15.9 Å². The highest BCUT2D eigenvalue weighted by Crippen LogP contribution is 2.07. The van der Waals surface area contributed by atoms with Crippen LogP contribution in [0.5, 0.6) is 0 Å². The van der Waals surface area contributed by atoms with Gasteiger partial charge in [0.1, 0.15) is 6.10 Å². The number of benzene rings is 1. The number of ether oxygens (including phenoxy) is 1. The van der Waals surface area contributed by atoms with Gasteiger partial charge >= 0.3 is 0 Å². The van der Waals surface area contributed by atoms with Gasteiger partial charge < -0.3 is 4.74 Å². The Hall–Kier alpha value is -0.780. The summed E-state index contributed by atoms with van der Waals surface area (Å²) in [5.74, 6) is 2.66. The summed E-state index contributed by atoms with van der Waals surface area (Å²) in [5.41, 5.74) is 1.31. The fraction of sp³-hybridized carbons (Fsp3) is 0.385. The molecule has 0 spiro atoms. The number of halogens is 1. The predicted molar refractivity (Wildman–Crippen MR) is 67.1 cm³/mol.